The molecule has 0 spiro atoms. The molecule has 2 aliphatic rings. The average Bonchev–Trinajstić information content (AvgIpc) is 3.06. The molecular formula is C35H45N5O2. The number of carbonyl (C=O) groups excluding carboxylic acids is 1. The highest BCUT2D eigenvalue weighted by Crippen LogP contribution is 2.43. The van der Waals surface area contributed by atoms with Crippen molar-refractivity contribution in [2.45, 2.75) is 69.1 Å². The van der Waals surface area contributed by atoms with Crippen LogP contribution in [0.15, 0.2) is 91.8 Å². The fourth-order valence-electron chi connectivity index (χ4n) is 6.79. The first-order chi connectivity index (χ1) is 20.6. The van der Waals surface area contributed by atoms with E-state index in [0.717, 1.165) is 82.6 Å². The molecule has 1 aliphatic heterocycles. The number of hydrogen-bond donors (Lipinski definition) is 0. The second-order valence-electron chi connectivity index (χ2n) is 11.8. The Bertz CT molecular complexity index is 1240. The van der Waals surface area contributed by atoms with Gasteiger partial charge in [-0.15, -0.1) is 6.58 Å². The van der Waals surface area contributed by atoms with Crippen LogP contribution in [0, 0.1) is 0 Å². The molecule has 7 nitrogen and oxygen atoms in total. The Morgan fingerprint density at radius 3 is 2.24 bits per heavy atom. The van der Waals surface area contributed by atoms with E-state index in [1.54, 1.807) is 0 Å². The molecule has 42 heavy (non-hydrogen) atoms. The molecule has 7 heteroatoms. The normalized spacial score (nSPS) is 21.4. The van der Waals surface area contributed by atoms with Crippen molar-refractivity contribution in [3.8, 4) is 0 Å². The topological polar surface area (TPSA) is 61.8 Å². The van der Waals surface area contributed by atoms with Gasteiger partial charge in [0, 0.05) is 51.2 Å². The summed E-state index contributed by atoms with van der Waals surface area (Å²) in [5.41, 5.74) is 2.58. The van der Waals surface area contributed by atoms with E-state index in [0.29, 0.717) is 12.6 Å². The third kappa shape index (κ3) is 7.37. The van der Waals surface area contributed by atoms with Crippen LogP contribution in [0.5, 0.6) is 0 Å². The zero-order valence-electron chi connectivity index (χ0n) is 25.0. The van der Waals surface area contributed by atoms with Gasteiger partial charge in [0.15, 0.2) is 0 Å². The summed E-state index contributed by atoms with van der Waals surface area (Å²) < 4.78 is 5.64. The predicted octanol–water partition coefficient (Wildman–Crippen LogP) is 6.47. The third-order valence-corrected chi connectivity index (χ3v) is 9.38. The molecule has 1 saturated carbocycles. The summed E-state index contributed by atoms with van der Waals surface area (Å²) in [7, 11) is 1.90. The van der Waals surface area contributed by atoms with Crippen LogP contribution in [-0.4, -0.2) is 71.2 Å². The number of amides is 1. The molecule has 0 radical (unpaired) electrons. The zero-order chi connectivity index (χ0) is 29.2. The number of nitrogens with zero attached hydrogens (tertiary/aromatic N) is 5. The Hall–Kier alpha value is -3.71. The van der Waals surface area contributed by atoms with Gasteiger partial charge < -0.3 is 19.4 Å². The molecule has 1 saturated heterocycles. The van der Waals surface area contributed by atoms with Crippen molar-refractivity contribution in [1.29, 1.82) is 0 Å². The van der Waals surface area contributed by atoms with Crippen molar-refractivity contribution >= 4 is 12.0 Å². The zero-order valence-corrected chi connectivity index (χ0v) is 25.0. The van der Waals surface area contributed by atoms with Crippen LogP contribution >= 0.6 is 0 Å². The second kappa shape index (κ2) is 14.5. The maximum atomic E-state index is 12.9. The highest BCUT2D eigenvalue weighted by Gasteiger charge is 2.39. The van der Waals surface area contributed by atoms with Gasteiger partial charge in [-0.25, -0.2) is 14.8 Å². The van der Waals surface area contributed by atoms with Gasteiger partial charge in [-0.3, -0.25) is 0 Å². The van der Waals surface area contributed by atoms with Gasteiger partial charge in [0.2, 0.25) is 5.95 Å². The lowest BCUT2D eigenvalue weighted by atomic mass is 9.66. The Kier molecular flexibility index (Phi) is 10.2. The Morgan fingerprint density at radius 2 is 1.60 bits per heavy atom. The number of piperidine rings is 1. The molecule has 5 rings (SSSR count). The van der Waals surface area contributed by atoms with Crippen LogP contribution in [0.3, 0.4) is 0 Å². The lowest BCUT2D eigenvalue weighted by Gasteiger charge is -2.45. The second-order valence-corrected chi connectivity index (χ2v) is 11.8. The van der Waals surface area contributed by atoms with Crippen molar-refractivity contribution in [1.82, 2.24) is 19.8 Å². The molecule has 1 aromatic heterocycles. The van der Waals surface area contributed by atoms with Gasteiger partial charge in [-0.05, 0) is 74.1 Å². The number of benzene rings is 2. The average molecular weight is 568 g/mol. The summed E-state index contributed by atoms with van der Waals surface area (Å²) >= 11 is 0. The standard InChI is InChI=1S/C35H45N5O2/c1-3-24-40(33-36-22-10-23-37-33)32-17-25-39(26-18-32)27-21-35(30-13-8-5-9-14-30)19-15-31(16-20-35)38(2)34(41)42-28-29-11-6-4-7-12-29/h3-14,22-23,31-32H,1,15-21,24-28H2,2H3. The first-order valence-corrected chi connectivity index (χ1v) is 15.4. The van der Waals surface area contributed by atoms with E-state index < -0.39 is 0 Å². The van der Waals surface area contributed by atoms with Gasteiger partial charge in [0.1, 0.15) is 6.61 Å². The fraction of sp³-hybridized carbons (Fsp3) is 0.457. The van der Waals surface area contributed by atoms with Crippen LogP contribution in [-0.2, 0) is 16.8 Å². The number of likely N-dealkylation sites (tertiary alicyclic amines) is 1. The molecular weight excluding hydrogens is 522 g/mol. The van der Waals surface area contributed by atoms with E-state index in [1.165, 1.54) is 5.56 Å². The van der Waals surface area contributed by atoms with Crippen molar-refractivity contribution in [3.63, 3.8) is 0 Å². The van der Waals surface area contributed by atoms with E-state index in [9.17, 15) is 4.79 Å². The van der Waals surface area contributed by atoms with Crippen molar-refractivity contribution < 1.29 is 9.53 Å². The predicted molar refractivity (Wildman–Crippen MR) is 168 cm³/mol. The van der Waals surface area contributed by atoms with E-state index in [1.807, 2.05) is 66.8 Å². The molecule has 2 fully saturated rings. The molecule has 0 N–H and O–H groups in total. The maximum Gasteiger partial charge on any atom is 0.410 e. The minimum absolute atomic E-state index is 0.135. The van der Waals surface area contributed by atoms with Crippen LogP contribution in [0.2, 0.25) is 0 Å². The molecule has 0 unspecified atom stereocenters. The molecule has 0 bridgehead atoms. The summed E-state index contributed by atoms with van der Waals surface area (Å²) in [6, 6.07) is 23.4. The Morgan fingerprint density at radius 1 is 0.952 bits per heavy atom. The monoisotopic (exact) mass is 567 g/mol. The van der Waals surface area contributed by atoms with Crippen LogP contribution < -0.4 is 4.90 Å². The van der Waals surface area contributed by atoms with Crippen molar-refractivity contribution in [2.24, 2.45) is 0 Å². The molecule has 2 heterocycles. The van der Waals surface area contributed by atoms with E-state index in [2.05, 4.69) is 56.7 Å². The quantitative estimate of drug-likeness (QED) is 0.248. The Labute approximate surface area is 251 Å². The Balaban J connectivity index is 1.16. The highest BCUT2D eigenvalue weighted by atomic mass is 16.6. The smallest absolute Gasteiger partial charge is 0.410 e. The number of rotatable bonds is 11. The maximum absolute atomic E-state index is 12.9. The molecule has 222 valence electrons. The first kappa shape index (κ1) is 29.8. The van der Waals surface area contributed by atoms with Crippen LogP contribution in [0.25, 0.3) is 0 Å². The SMILES string of the molecule is C=CCN(c1ncccn1)C1CCN(CCC2(c3ccccc3)CCC(N(C)C(=O)OCc3ccccc3)CC2)CC1. The fourth-order valence-corrected chi connectivity index (χ4v) is 6.79. The molecule has 2 aromatic carbocycles. The largest absolute Gasteiger partial charge is 0.445 e. The van der Waals surface area contributed by atoms with Crippen LogP contribution in [0.4, 0.5) is 10.7 Å². The molecule has 3 aromatic rings. The number of hydrogen-bond acceptors (Lipinski definition) is 6. The van der Waals surface area contributed by atoms with Gasteiger partial charge in [-0.2, -0.15) is 0 Å². The lowest BCUT2D eigenvalue weighted by molar-refractivity contribution is 0.0731. The summed E-state index contributed by atoms with van der Waals surface area (Å²) in [5.74, 6) is 0.796. The molecule has 0 atom stereocenters. The highest BCUT2D eigenvalue weighted by molar-refractivity contribution is 5.67. The number of aromatic nitrogens is 2. The lowest BCUT2D eigenvalue weighted by Crippen LogP contribution is -2.47. The van der Waals surface area contributed by atoms with Gasteiger partial charge >= 0.3 is 6.09 Å². The minimum atomic E-state index is -0.231. The van der Waals surface area contributed by atoms with Gasteiger partial charge in [0.25, 0.3) is 0 Å². The van der Waals surface area contributed by atoms with Crippen LogP contribution in [0.1, 0.15) is 56.1 Å². The molecule has 1 amide bonds. The van der Waals surface area contributed by atoms with E-state index in [-0.39, 0.29) is 17.6 Å². The van der Waals surface area contributed by atoms with Gasteiger partial charge in [0.05, 0.1) is 0 Å². The number of ether oxygens (including phenoxy) is 1. The minimum Gasteiger partial charge on any atom is -0.445 e. The third-order valence-electron chi connectivity index (χ3n) is 9.38. The van der Waals surface area contributed by atoms with Crippen molar-refractivity contribution in [2.75, 3.05) is 38.1 Å². The van der Waals surface area contributed by atoms with E-state index in [4.69, 9.17) is 4.74 Å². The molecule has 1 aliphatic carbocycles. The van der Waals surface area contributed by atoms with Gasteiger partial charge in [-0.1, -0.05) is 66.7 Å². The number of carbonyl (C=O) groups is 1. The summed E-state index contributed by atoms with van der Waals surface area (Å²) in [5, 5.41) is 0. The number of anilines is 1. The summed E-state index contributed by atoms with van der Waals surface area (Å²) in [6.45, 7) is 8.28. The first-order valence-electron chi connectivity index (χ1n) is 15.4. The van der Waals surface area contributed by atoms with Crippen molar-refractivity contribution in [3.05, 3.63) is 103 Å². The van der Waals surface area contributed by atoms with E-state index >= 15 is 0 Å². The summed E-state index contributed by atoms with van der Waals surface area (Å²) in [6.07, 6.45) is 12.8. The summed E-state index contributed by atoms with van der Waals surface area (Å²) in [4.78, 5) is 28.6.